The molecular formula is C17H13BrN2O2. The predicted molar refractivity (Wildman–Crippen MR) is 88.7 cm³/mol. The Bertz CT molecular complexity index is 877. The lowest BCUT2D eigenvalue weighted by atomic mass is 10.0. The zero-order chi connectivity index (χ0) is 15.7. The molecule has 2 aromatic carbocycles. The molecule has 0 aliphatic rings. The Hall–Kier alpha value is -2.40. The van der Waals surface area contributed by atoms with Crippen molar-refractivity contribution < 1.29 is 4.79 Å². The first-order valence-electron chi connectivity index (χ1n) is 6.75. The Labute approximate surface area is 135 Å². The smallest absolute Gasteiger partial charge is 0.282 e. The van der Waals surface area contributed by atoms with E-state index in [1.54, 1.807) is 31.2 Å². The zero-order valence-corrected chi connectivity index (χ0v) is 13.4. The molecule has 0 radical (unpaired) electrons. The van der Waals surface area contributed by atoms with Crippen molar-refractivity contribution >= 4 is 21.7 Å². The highest BCUT2D eigenvalue weighted by molar-refractivity contribution is 9.10. The van der Waals surface area contributed by atoms with Crippen molar-refractivity contribution in [1.82, 2.24) is 9.78 Å². The third-order valence-electron chi connectivity index (χ3n) is 3.42. The quantitative estimate of drug-likeness (QED) is 0.730. The van der Waals surface area contributed by atoms with Crippen LogP contribution in [0.3, 0.4) is 0 Å². The predicted octanol–water partition coefficient (Wildman–Crippen LogP) is 3.47. The number of rotatable bonds is 3. The molecule has 0 spiro atoms. The van der Waals surface area contributed by atoms with E-state index < -0.39 is 0 Å². The Morgan fingerprint density at radius 3 is 2.32 bits per heavy atom. The number of H-pyrrole nitrogens is 1. The van der Waals surface area contributed by atoms with Gasteiger partial charge in [-0.25, -0.2) is 4.68 Å². The minimum Gasteiger partial charge on any atom is -0.295 e. The van der Waals surface area contributed by atoms with E-state index in [9.17, 15) is 9.59 Å². The zero-order valence-electron chi connectivity index (χ0n) is 11.8. The molecule has 0 unspecified atom stereocenters. The molecule has 4 nitrogen and oxygen atoms in total. The molecule has 5 heteroatoms. The van der Waals surface area contributed by atoms with Crippen molar-refractivity contribution in [1.29, 1.82) is 0 Å². The summed E-state index contributed by atoms with van der Waals surface area (Å²) in [5.41, 5.74) is 1.58. The third-order valence-corrected chi connectivity index (χ3v) is 3.95. The number of hydrogen-bond donors (Lipinski definition) is 1. The summed E-state index contributed by atoms with van der Waals surface area (Å²) in [4.78, 5) is 25.2. The van der Waals surface area contributed by atoms with Crippen molar-refractivity contribution in [2.24, 2.45) is 0 Å². The number of carbonyl (C=O) groups excluding carboxylic acids is 1. The summed E-state index contributed by atoms with van der Waals surface area (Å²) in [5.74, 6) is -0.277. The van der Waals surface area contributed by atoms with E-state index in [4.69, 9.17) is 0 Å². The first-order valence-corrected chi connectivity index (χ1v) is 7.54. The molecule has 0 fully saturated rings. The van der Waals surface area contributed by atoms with Gasteiger partial charge >= 0.3 is 0 Å². The molecular weight excluding hydrogens is 344 g/mol. The lowest BCUT2D eigenvalue weighted by Crippen LogP contribution is -2.20. The topological polar surface area (TPSA) is 54.9 Å². The van der Waals surface area contributed by atoms with E-state index >= 15 is 0 Å². The van der Waals surface area contributed by atoms with Gasteiger partial charge in [0.15, 0.2) is 5.78 Å². The van der Waals surface area contributed by atoms with Gasteiger partial charge in [0.25, 0.3) is 5.56 Å². The van der Waals surface area contributed by atoms with Crippen molar-refractivity contribution in [3.8, 4) is 5.69 Å². The van der Waals surface area contributed by atoms with Gasteiger partial charge in [-0.3, -0.25) is 14.7 Å². The monoisotopic (exact) mass is 356 g/mol. The summed E-state index contributed by atoms with van der Waals surface area (Å²) in [5, 5.41) is 2.97. The molecule has 1 N–H and O–H groups in total. The highest BCUT2D eigenvalue weighted by atomic mass is 79.9. The minimum absolute atomic E-state index is 0.172. The number of aryl methyl sites for hydroxylation is 1. The van der Waals surface area contributed by atoms with Gasteiger partial charge in [-0.1, -0.05) is 34.1 Å². The summed E-state index contributed by atoms with van der Waals surface area (Å²) in [6.07, 6.45) is 0. The first kappa shape index (κ1) is 14.5. The van der Waals surface area contributed by atoms with Gasteiger partial charge in [-0.15, -0.1) is 0 Å². The summed E-state index contributed by atoms with van der Waals surface area (Å²) in [6.45, 7) is 1.73. The van der Waals surface area contributed by atoms with E-state index in [-0.39, 0.29) is 16.9 Å². The second-order valence-electron chi connectivity index (χ2n) is 4.92. The number of halogens is 1. The van der Waals surface area contributed by atoms with E-state index in [1.807, 2.05) is 30.3 Å². The lowest BCUT2D eigenvalue weighted by Gasteiger charge is -2.00. The molecule has 3 rings (SSSR count). The van der Waals surface area contributed by atoms with Gasteiger partial charge in [-0.2, -0.15) is 0 Å². The number of benzene rings is 2. The van der Waals surface area contributed by atoms with Crippen LogP contribution in [0.2, 0.25) is 0 Å². The van der Waals surface area contributed by atoms with Crippen LogP contribution in [0.15, 0.2) is 63.9 Å². The van der Waals surface area contributed by atoms with Gasteiger partial charge < -0.3 is 0 Å². The summed E-state index contributed by atoms with van der Waals surface area (Å²) in [7, 11) is 0. The van der Waals surface area contributed by atoms with Crippen LogP contribution in [-0.2, 0) is 0 Å². The van der Waals surface area contributed by atoms with E-state index in [0.717, 1.165) is 4.47 Å². The fourth-order valence-corrected chi connectivity index (χ4v) is 2.58. The van der Waals surface area contributed by atoms with Crippen LogP contribution in [0.5, 0.6) is 0 Å². The Kier molecular flexibility index (Phi) is 3.81. The molecule has 0 saturated heterocycles. The van der Waals surface area contributed by atoms with E-state index in [0.29, 0.717) is 16.9 Å². The van der Waals surface area contributed by atoms with Crippen molar-refractivity contribution in [2.45, 2.75) is 6.92 Å². The Morgan fingerprint density at radius 1 is 1.05 bits per heavy atom. The second-order valence-corrected chi connectivity index (χ2v) is 5.84. The van der Waals surface area contributed by atoms with Crippen LogP contribution in [0, 0.1) is 6.92 Å². The van der Waals surface area contributed by atoms with Gasteiger partial charge in [0.2, 0.25) is 0 Å². The number of para-hydroxylation sites is 1. The Morgan fingerprint density at radius 2 is 1.68 bits per heavy atom. The normalized spacial score (nSPS) is 10.6. The standard InChI is InChI=1S/C17H13BrN2O2/c1-11-15(16(21)12-7-9-13(18)10-8-12)17(22)20(19-11)14-5-3-2-4-6-14/h2-10,19H,1H3. The number of nitrogens with one attached hydrogen (secondary N) is 1. The molecule has 3 aromatic rings. The maximum Gasteiger partial charge on any atom is 0.282 e. The third kappa shape index (κ3) is 2.55. The molecule has 110 valence electrons. The van der Waals surface area contributed by atoms with Crippen molar-refractivity contribution in [3.05, 3.63) is 86.2 Å². The molecule has 0 aliphatic carbocycles. The van der Waals surface area contributed by atoms with Gasteiger partial charge in [0.05, 0.1) is 5.69 Å². The first-order chi connectivity index (χ1) is 10.6. The summed E-state index contributed by atoms with van der Waals surface area (Å²) < 4.78 is 2.28. The molecule has 1 heterocycles. The minimum atomic E-state index is -0.336. The molecule has 0 bridgehead atoms. The van der Waals surface area contributed by atoms with Gasteiger partial charge in [0, 0.05) is 15.7 Å². The number of carbonyl (C=O) groups is 1. The SMILES string of the molecule is Cc1[nH]n(-c2ccccc2)c(=O)c1C(=O)c1ccc(Br)cc1. The van der Waals surface area contributed by atoms with Crippen LogP contribution in [0.1, 0.15) is 21.6 Å². The highest BCUT2D eigenvalue weighted by Gasteiger charge is 2.20. The average molecular weight is 357 g/mol. The van der Waals surface area contributed by atoms with Crippen molar-refractivity contribution in [3.63, 3.8) is 0 Å². The van der Waals surface area contributed by atoms with Gasteiger partial charge in [-0.05, 0) is 43.3 Å². The second kappa shape index (κ2) is 5.77. The number of nitrogens with zero attached hydrogens (tertiary/aromatic N) is 1. The fraction of sp³-hybridized carbons (Fsp3) is 0.0588. The van der Waals surface area contributed by atoms with Crippen LogP contribution in [0.25, 0.3) is 5.69 Å². The van der Waals surface area contributed by atoms with E-state index in [1.165, 1.54) is 4.68 Å². The summed E-state index contributed by atoms with van der Waals surface area (Å²) in [6, 6.07) is 16.1. The fourth-order valence-electron chi connectivity index (χ4n) is 2.32. The van der Waals surface area contributed by atoms with E-state index in [2.05, 4.69) is 21.0 Å². The number of aromatic nitrogens is 2. The van der Waals surface area contributed by atoms with Crippen molar-refractivity contribution in [2.75, 3.05) is 0 Å². The molecule has 0 atom stereocenters. The molecule has 0 amide bonds. The number of ketones is 1. The van der Waals surface area contributed by atoms with Crippen LogP contribution >= 0.6 is 15.9 Å². The highest BCUT2D eigenvalue weighted by Crippen LogP contribution is 2.15. The lowest BCUT2D eigenvalue weighted by molar-refractivity contribution is 0.103. The van der Waals surface area contributed by atoms with Crippen LogP contribution in [-0.4, -0.2) is 15.6 Å². The maximum atomic E-state index is 12.6. The summed E-state index contributed by atoms with van der Waals surface area (Å²) >= 11 is 3.33. The molecule has 0 saturated carbocycles. The van der Waals surface area contributed by atoms with Crippen LogP contribution < -0.4 is 5.56 Å². The Balaban J connectivity index is 2.09. The van der Waals surface area contributed by atoms with Crippen LogP contribution in [0.4, 0.5) is 0 Å². The molecule has 1 aromatic heterocycles. The average Bonchev–Trinajstić information content (AvgIpc) is 2.83. The van der Waals surface area contributed by atoms with Gasteiger partial charge in [0.1, 0.15) is 5.56 Å². The molecule has 22 heavy (non-hydrogen) atoms. The number of hydrogen-bond acceptors (Lipinski definition) is 2. The molecule has 0 aliphatic heterocycles. The largest absolute Gasteiger partial charge is 0.295 e. The number of aromatic amines is 1. The maximum absolute atomic E-state index is 12.6.